The van der Waals surface area contributed by atoms with Crippen LogP contribution in [0.5, 0.6) is 0 Å². The Balaban J connectivity index is 1.40. The van der Waals surface area contributed by atoms with Gasteiger partial charge in [0.05, 0.1) is 5.41 Å². The number of amides is 2. The van der Waals surface area contributed by atoms with Crippen molar-refractivity contribution in [2.45, 2.75) is 45.1 Å². The molecule has 0 bridgehead atoms. The second kappa shape index (κ2) is 8.54. The average Bonchev–Trinajstić information content (AvgIpc) is 3.38. The maximum atomic E-state index is 13.1. The minimum atomic E-state index is -1.22. The Labute approximate surface area is 193 Å². The molecule has 7 heteroatoms. The van der Waals surface area contributed by atoms with Crippen LogP contribution >= 0.6 is 0 Å². The summed E-state index contributed by atoms with van der Waals surface area (Å²) in [4.78, 5) is 39.0. The molecule has 1 saturated heterocycles. The number of ether oxygens (including phenoxy) is 1. The molecule has 2 N–H and O–H groups in total. The molecule has 1 unspecified atom stereocenters. The Bertz CT molecular complexity index is 1050. The van der Waals surface area contributed by atoms with Crippen LogP contribution in [0, 0.1) is 5.41 Å². The highest BCUT2D eigenvalue weighted by atomic mass is 16.5. The zero-order valence-corrected chi connectivity index (χ0v) is 19.3. The summed E-state index contributed by atoms with van der Waals surface area (Å²) < 4.78 is 5.57. The van der Waals surface area contributed by atoms with Gasteiger partial charge in [0.2, 0.25) is 5.91 Å². The summed E-state index contributed by atoms with van der Waals surface area (Å²) in [6, 6.07) is 16.2. The van der Waals surface area contributed by atoms with Gasteiger partial charge in [-0.15, -0.1) is 0 Å². The zero-order chi connectivity index (χ0) is 23.8. The highest BCUT2D eigenvalue weighted by Crippen LogP contribution is 2.44. The molecule has 174 valence electrons. The Hall–Kier alpha value is -3.35. The van der Waals surface area contributed by atoms with Gasteiger partial charge in [0.1, 0.15) is 12.1 Å². The third-order valence-corrected chi connectivity index (χ3v) is 7.06. The lowest BCUT2D eigenvalue weighted by Gasteiger charge is -2.31. The fourth-order valence-corrected chi connectivity index (χ4v) is 5.00. The first-order chi connectivity index (χ1) is 15.7. The van der Waals surface area contributed by atoms with E-state index in [0.717, 1.165) is 22.3 Å². The minimum Gasteiger partial charge on any atom is -0.481 e. The molecular formula is C26H30N2O5. The molecule has 1 fully saturated rings. The van der Waals surface area contributed by atoms with Gasteiger partial charge >= 0.3 is 12.1 Å². The predicted octanol–water partition coefficient (Wildman–Crippen LogP) is 4.02. The summed E-state index contributed by atoms with van der Waals surface area (Å²) in [5, 5.41) is 12.3. The highest BCUT2D eigenvalue weighted by molar-refractivity contribution is 5.90. The molecule has 1 aliphatic heterocycles. The quantitative estimate of drug-likeness (QED) is 0.693. The first kappa shape index (κ1) is 22.8. The first-order valence-corrected chi connectivity index (χ1v) is 11.3. The fourth-order valence-electron chi connectivity index (χ4n) is 5.00. The van der Waals surface area contributed by atoms with E-state index in [-0.39, 0.29) is 25.0 Å². The van der Waals surface area contributed by atoms with E-state index >= 15 is 0 Å². The van der Waals surface area contributed by atoms with E-state index in [4.69, 9.17) is 4.74 Å². The molecule has 2 aliphatic rings. The summed E-state index contributed by atoms with van der Waals surface area (Å²) in [6.07, 6.45) is 0.187. The van der Waals surface area contributed by atoms with E-state index in [2.05, 4.69) is 17.4 Å². The van der Waals surface area contributed by atoms with Crippen molar-refractivity contribution in [3.63, 3.8) is 0 Å². The molecule has 1 atom stereocenters. The lowest BCUT2D eigenvalue weighted by molar-refractivity contribution is -0.149. The topological polar surface area (TPSA) is 95.9 Å². The number of benzene rings is 2. The zero-order valence-electron chi connectivity index (χ0n) is 19.3. The van der Waals surface area contributed by atoms with Crippen LogP contribution in [0.3, 0.4) is 0 Å². The molecule has 2 amide bonds. The molecule has 2 aromatic carbocycles. The standard InChI is InChI=1S/C26H30N2O5/c1-4-26(23(30)31)13-14-28(16-26)22(29)25(2,3)27-24(32)33-15-21-19-11-7-5-9-17(19)18-10-6-8-12-20(18)21/h5-12,21H,4,13-16H2,1-3H3,(H,27,32)(H,30,31). The molecule has 4 rings (SSSR count). The largest absolute Gasteiger partial charge is 0.481 e. The van der Waals surface area contributed by atoms with E-state index in [1.807, 2.05) is 43.3 Å². The number of hydrogen-bond donors (Lipinski definition) is 2. The van der Waals surface area contributed by atoms with Crippen molar-refractivity contribution in [3.05, 3.63) is 59.7 Å². The van der Waals surface area contributed by atoms with Crippen LogP contribution in [-0.2, 0) is 14.3 Å². The summed E-state index contributed by atoms with van der Waals surface area (Å²) in [6.45, 7) is 5.71. The number of nitrogens with one attached hydrogen (secondary N) is 1. The van der Waals surface area contributed by atoms with Crippen LogP contribution in [0.15, 0.2) is 48.5 Å². The predicted molar refractivity (Wildman–Crippen MR) is 124 cm³/mol. The maximum absolute atomic E-state index is 13.1. The molecule has 0 spiro atoms. The van der Waals surface area contributed by atoms with Crippen molar-refractivity contribution >= 4 is 18.0 Å². The van der Waals surface area contributed by atoms with Gasteiger partial charge in [-0.05, 0) is 48.9 Å². The number of carboxylic acid groups (broad SMARTS) is 1. The van der Waals surface area contributed by atoms with Crippen molar-refractivity contribution in [1.29, 1.82) is 0 Å². The van der Waals surface area contributed by atoms with Crippen LogP contribution < -0.4 is 5.32 Å². The van der Waals surface area contributed by atoms with Crippen LogP contribution in [-0.4, -0.2) is 53.2 Å². The summed E-state index contributed by atoms with van der Waals surface area (Å²) >= 11 is 0. The van der Waals surface area contributed by atoms with Crippen molar-refractivity contribution in [2.24, 2.45) is 5.41 Å². The Morgan fingerprint density at radius 3 is 2.18 bits per heavy atom. The molecule has 33 heavy (non-hydrogen) atoms. The molecule has 7 nitrogen and oxygen atoms in total. The van der Waals surface area contributed by atoms with E-state index < -0.39 is 23.0 Å². The smallest absolute Gasteiger partial charge is 0.408 e. The number of fused-ring (bicyclic) bond motifs is 3. The van der Waals surface area contributed by atoms with Gasteiger partial charge in [0, 0.05) is 19.0 Å². The molecule has 2 aromatic rings. The van der Waals surface area contributed by atoms with Crippen LogP contribution in [0.1, 0.15) is 50.7 Å². The minimum absolute atomic E-state index is 0.0683. The molecule has 1 heterocycles. The monoisotopic (exact) mass is 450 g/mol. The highest BCUT2D eigenvalue weighted by Gasteiger charge is 2.47. The van der Waals surface area contributed by atoms with Gasteiger partial charge < -0.3 is 20.1 Å². The Morgan fingerprint density at radius 2 is 1.67 bits per heavy atom. The number of carbonyl (C=O) groups is 3. The number of likely N-dealkylation sites (tertiary alicyclic amines) is 1. The number of carboxylic acids is 1. The number of carbonyl (C=O) groups excluding carboxylic acids is 2. The lowest BCUT2D eigenvalue weighted by atomic mass is 9.84. The Kier molecular flexibility index (Phi) is 5.91. The third kappa shape index (κ3) is 4.08. The summed E-state index contributed by atoms with van der Waals surface area (Å²) in [5.74, 6) is -1.27. The first-order valence-electron chi connectivity index (χ1n) is 11.3. The Morgan fingerprint density at radius 1 is 1.09 bits per heavy atom. The molecular weight excluding hydrogens is 420 g/mol. The number of hydrogen-bond acceptors (Lipinski definition) is 4. The summed E-state index contributed by atoms with van der Waals surface area (Å²) in [7, 11) is 0. The lowest BCUT2D eigenvalue weighted by Crippen LogP contribution is -2.56. The van der Waals surface area contributed by atoms with Gasteiger partial charge in [-0.25, -0.2) is 4.79 Å². The van der Waals surface area contributed by atoms with Gasteiger partial charge in [0.25, 0.3) is 0 Å². The average molecular weight is 451 g/mol. The van der Waals surface area contributed by atoms with Gasteiger partial charge in [-0.3, -0.25) is 9.59 Å². The molecule has 1 aliphatic carbocycles. The van der Waals surface area contributed by atoms with Crippen LogP contribution in [0.25, 0.3) is 11.1 Å². The van der Waals surface area contributed by atoms with Gasteiger partial charge in [-0.1, -0.05) is 55.5 Å². The normalized spacial score (nSPS) is 19.7. The van der Waals surface area contributed by atoms with E-state index in [0.29, 0.717) is 19.4 Å². The van der Waals surface area contributed by atoms with Crippen molar-refractivity contribution in [3.8, 4) is 11.1 Å². The maximum Gasteiger partial charge on any atom is 0.408 e. The van der Waals surface area contributed by atoms with Gasteiger partial charge in [0.15, 0.2) is 0 Å². The molecule has 0 radical (unpaired) electrons. The third-order valence-electron chi connectivity index (χ3n) is 7.06. The van der Waals surface area contributed by atoms with Crippen molar-refractivity contribution in [2.75, 3.05) is 19.7 Å². The molecule has 0 aromatic heterocycles. The number of nitrogens with zero attached hydrogens (tertiary/aromatic N) is 1. The number of aliphatic carboxylic acids is 1. The van der Waals surface area contributed by atoms with Crippen molar-refractivity contribution < 1.29 is 24.2 Å². The second-order valence-electron chi connectivity index (χ2n) is 9.49. The van der Waals surface area contributed by atoms with Crippen LogP contribution in [0.4, 0.5) is 4.79 Å². The fraction of sp³-hybridized carbons (Fsp3) is 0.423. The van der Waals surface area contributed by atoms with E-state index in [1.165, 1.54) is 4.90 Å². The van der Waals surface area contributed by atoms with Gasteiger partial charge in [-0.2, -0.15) is 0 Å². The van der Waals surface area contributed by atoms with E-state index in [9.17, 15) is 19.5 Å². The SMILES string of the molecule is CCC1(C(=O)O)CCN(C(=O)C(C)(C)NC(=O)OCC2c3ccccc3-c3ccccc32)C1. The second-order valence-corrected chi connectivity index (χ2v) is 9.49. The summed E-state index contributed by atoms with van der Waals surface area (Å²) in [5.41, 5.74) is 2.38. The van der Waals surface area contributed by atoms with Crippen molar-refractivity contribution in [1.82, 2.24) is 10.2 Å². The molecule has 0 saturated carbocycles. The number of alkyl carbamates (subject to hydrolysis) is 1. The van der Waals surface area contributed by atoms with E-state index in [1.54, 1.807) is 13.8 Å². The number of rotatable bonds is 6. The van der Waals surface area contributed by atoms with Crippen LogP contribution in [0.2, 0.25) is 0 Å².